The van der Waals surface area contributed by atoms with Crippen LogP contribution >= 0.6 is 0 Å². The zero-order valence-electron chi connectivity index (χ0n) is 10.8. The van der Waals surface area contributed by atoms with E-state index in [4.69, 9.17) is 15.6 Å². The highest BCUT2D eigenvalue weighted by Gasteiger charge is 2.15. The highest BCUT2D eigenvalue weighted by molar-refractivity contribution is 5.94. The van der Waals surface area contributed by atoms with Crippen LogP contribution in [0.4, 0.5) is 5.69 Å². The van der Waals surface area contributed by atoms with Gasteiger partial charge in [0.05, 0.1) is 0 Å². The number of carbonyl (C=O) groups excluding carboxylic acids is 1. The van der Waals surface area contributed by atoms with Crippen molar-refractivity contribution < 1.29 is 19.4 Å². The van der Waals surface area contributed by atoms with Crippen molar-refractivity contribution in [3.63, 3.8) is 0 Å². The Hall–Kier alpha value is -1.92. The van der Waals surface area contributed by atoms with Crippen LogP contribution in [0.5, 0.6) is 0 Å². The van der Waals surface area contributed by atoms with Gasteiger partial charge in [-0.3, -0.25) is 9.59 Å². The molecule has 0 spiro atoms. The molecule has 0 saturated carbocycles. The largest absolute Gasteiger partial charge is 0.481 e. The van der Waals surface area contributed by atoms with Crippen LogP contribution in [0.3, 0.4) is 0 Å². The lowest BCUT2D eigenvalue weighted by Crippen LogP contribution is -2.35. The number of carboxylic acids is 1. The quantitative estimate of drug-likeness (QED) is 0.671. The first-order valence-electron chi connectivity index (χ1n) is 5.91. The van der Waals surface area contributed by atoms with Crippen LogP contribution in [0.15, 0.2) is 24.3 Å². The fourth-order valence-electron chi connectivity index (χ4n) is 1.54. The van der Waals surface area contributed by atoms with Crippen molar-refractivity contribution in [2.75, 3.05) is 19.0 Å². The number of rotatable bonds is 7. The Morgan fingerprint density at radius 2 is 2.00 bits per heavy atom. The number of carbonyl (C=O) groups is 2. The molecule has 4 N–H and O–H groups in total. The van der Waals surface area contributed by atoms with Gasteiger partial charge >= 0.3 is 5.97 Å². The number of hydrogen-bond acceptors (Lipinski definition) is 4. The maximum absolute atomic E-state index is 11.7. The number of carboxylic acid groups (broad SMARTS) is 1. The number of methoxy groups -OCH3 is 1. The summed E-state index contributed by atoms with van der Waals surface area (Å²) in [7, 11) is 1.42. The Labute approximate surface area is 111 Å². The van der Waals surface area contributed by atoms with Crippen molar-refractivity contribution in [2.45, 2.75) is 18.9 Å². The van der Waals surface area contributed by atoms with Gasteiger partial charge in [-0.05, 0) is 24.1 Å². The zero-order valence-corrected chi connectivity index (χ0v) is 10.8. The van der Waals surface area contributed by atoms with Gasteiger partial charge in [0.15, 0.2) is 0 Å². The Morgan fingerprint density at radius 1 is 1.37 bits per heavy atom. The molecule has 6 heteroatoms. The van der Waals surface area contributed by atoms with E-state index in [2.05, 4.69) is 5.32 Å². The number of nitrogens with one attached hydrogen (secondary N) is 1. The second-order valence-corrected chi connectivity index (χ2v) is 4.04. The zero-order chi connectivity index (χ0) is 14.3. The Morgan fingerprint density at radius 3 is 2.47 bits per heavy atom. The molecule has 0 aromatic heterocycles. The van der Waals surface area contributed by atoms with E-state index in [1.807, 2.05) is 0 Å². The molecular formula is C13H18N2O4. The Balaban J connectivity index is 2.56. The molecule has 19 heavy (non-hydrogen) atoms. The molecule has 1 aromatic rings. The van der Waals surface area contributed by atoms with Crippen LogP contribution in [0.1, 0.15) is 12.0 Å². The van der Waals surface area contributed by atoms with Crippen molar-refractivity contribution in [3.05, 3.63) is 29.8 Å². The molecule has 0 radical (unpaired) electrons. The van der Waals surface area contributed by atoms with Gasteiger partial charge in [-0.1, -0.05) is 12.1 Å². The number of nitrogens with two attached hydrogens (primary N) is 1. The van der Waals surface area contributed by atoms with E-state index >= 15 is 0 Å². The lowest BCUT2D eigenvalue weighted by molar-refractivity contribution is -0.137. The number of anilines is 1. The number of aryl methyl sites for hydroxylation is 1. The minimum absolute atomic E-state index is 0.0879. The normalized spacial score (nSPS) is 11.9. The van der Waals surface area contributed by atoms with Crippen molar-refractivity contribution in [1.29, 1.82) is 0 Å². The predicted molar refractivity (Wildman–Crippen MR) is 70.9 cm³/mol. The summed E-state index contributed by atoms with van der Waals surface area (Å²) in [6, 6.07) is 7.00. The lowest BCUT2D eigenvalue weighted by Gasteiger charge is -2.13. The average molecular weight is 266 g/mol. The van der Waals surface area contributed by atoms with Gasteiger partial charge in [0.25, 0.3) is 5.91 Å². The van der Waals surface area contributed by atoms with Gasteiger partial charge in [-0.15, -0.1) is 0 Å². The fraction of sp³-hybridized carbons (Fsp3) is 0.385. The van der Waals surface area contributed by atoms with Crippen LogP contribution in [0.25, 0.3) is 0 Å². The van der Waals surface area contributed by atoms with Crippen LogP contribution in [0, 0.1) is 0 Å². The molecule has 0 aliphatic carbocycles. The number of ether oxygens (including phenoxy) is 1. The van der Waals surface area contributed by atoms with Gasteiger partial charge in [-0.25, -0.2) is 0 Å². The summed E-state index contributed by atoms with van der Waals surface area (Å²) < 4.78 is 4.92. The molecular weight excluding hydrogens is 248 g/mol. The average Bonchev–Trinajstić information content (AvgIpc) is 2.39. The van der Waals surface area contributed by atoms with Gasteiger partial charge in [-0.2, -0.15) is 0 Å². The molecule has 0 bridgehead atoms. The van der Waals surface area contributed by atoms with Gasteiger partial charge < -0.3 is 20.9 Å². The highest BCUT2D eigenvalue weighted by Crippen LogP contribution is 2.11. The molecule has 0 aliphatic rings. The number of benzene rings is 1. The first kappa shape index (κ1) is 15.1. The fourth-order valence-corrected chi connectivity index (χ4v) is 1.54. The van der Waals surface area contributed by atoms with Gasteiger partial charge in [0.1, 0.15) is 6.10 Å². The van der Waals surface area contributed by atoms with E-state index in [1.54, 1.807) is 24.3 Å². The number of amides is 1. The molecule has 1 rings (SSSR count). The molecule has 1 atom stereocenters. The summed E-state index contributed by atoms with van der Waals surface area (Å²) in [6.07, 6.45) is -0.121. The van der Waals surface area contributed by atoms with E-state index in [0.29, 0.717) is 12.1 Å². The van der Waals surface area contributed by atoms with Gasteiger partial charge in [0, 0.05) is 25.8 Å². The Kier molecular flexibility index (Phi) is 5.98. The van der Waals surface area contributed by atoms with E-state index in [-0.39, 0.29) is 18.9 Å². The maximum atomic E-state index is 11.7. The van der Waals surface area contributed by atoms with E-state index in [1.165, 1.54) is 7.11 Å². The number of hydrogen-bond donors (Lipinski definition) is 3. The summed E-state index contributed by atoms with van der Waals surface area (Å²) >= 11 is 0. The molecule has 1 unspecified atom stereocenters. The van der Waals surface area contributed by atoms with Crippen molar-refractivity contribution in [3.8, 4) is 0 Å². The third-order valence-corrected chi connectivity index (χ3v) is 2.64. The summed E-state index contributed by atoms with van der Waals surface area (Å²) in [4.78, 5) is 22.1. The summed E-state index contributed by atoms with van der Waals surface area (Å²) in [6.45, 7) is 0.110. The molecule has 1 amide bonds. The van der Waals surface area contributed by atoms with E-state index in [9.17, 15) is 9.59 Å². The molecule has 0 heterocycles. The van der Waals surface area contributed by atoms with Crippen LogP contribution in [-0.2, 0) is 20.7 Å². The molecule has 0 fully saturated rings. The van der Waals surface area contributed by atoms with E-state index in [0.717, 1.165) is 5.56 Å². The molecule has 0 saturated heterocycles. The van der Waals surface area contributed by atoms with Crippen LogP contribution in [-0.4, -0.2) is 36.7 Å². The smallest absolute Gasteiger partial charge is 0.303 e. The molecule has 6 nitrogen and oxygen atoms in total. The van der Waals surface area contributed by atoms with Crippen molar-refractivity contribution >= 4 is 17.6 Å². The molecule has 1 aromatic carbocycles. The third-order valence-electron chi connectivity index (χ3n) is 2.64. The number of aliphatic carboxylic acids is 1. The summed E-state index contributed by atoms with van der Waals surface area (Å²) in [5.41, 5.74) is 6.92. The molecule has 0 aliphatic heterocycles. The first-order chi connectivity index (χ1) is 9.06. The summed E-state index contributed by atoms with van der Waals surface area (Å²) in [5.74, 6) is -1.13. The monoisotopic (exact) mass is 266 g/mol. The standard InChI is InChI=1S/C13H18N2O4/c1-19-11(8-14)13(18)15-10-5-2-9(3-6-10)4-7-12(16)17/h2-3,5-6,11H,4,7-8,14H2,1H3,(H,15,18)(H,16,17). The van der Waals surface area contributed by atoms with Gasteiger partial charge in [0.2, 0.25) is 0 Å². The predicted octanol–water partition coefficient (Wildman–Crippen LogP) is 0.616. The first-order valence-corrected chi connectivity index (χ1v) is 5.91. The maximum Gasteiger partial charge on any atom is 0.303 e. The molecule has 104 valence electrons. The topological polar surface area (TPSA) is 102 Å². The minimum Gasteiger partial charge on any atom is -0.481 e. The lowest BCUT2D eigenvalue weighted by atomic mass is 10.1. The minimum atomic E-state index is -0.830. The highest BCUT2D eigenvalue weighted by atomic mass is 16.5. The second kappa shape index (κ2) is 7.50. The van der Waals surface area contributed by atoms with Crippen LogP contribution < -0.4 is 11.1 Å². The Bertz CT molecular complexity index is 427. The second-order valence-electron chi connectivity index (χ2n) is 4.04. The third kappa shape index (κ3) is 5.07. The SMILES string of the molecule is COC(CN)C(=O)Nc1ccc(CCC(=O)O)cc1. The van der Waals surface area contributed by atoms with Crippen molar-refractivity contribution in [1.82, 2.24) is 0 Å². The summed E-state index contributed by atoms with van der Waals surface area (Å²) in [5, 5.41) is 11.3. The van der Waals surface area contributed by atoms with Crippen molar-refractivity contribution in [2.24, 2.45) is 5.73 Å². The van der Waals surface area contributed by atoms with Crippen LogP contribution in [0.2, 0.25) is 0 Å². The van der Waals surface area contributed by atoms with E-state index < -0.39 is 12.1 Å².